The third-order valence-corrected chi connectivity index (χ3v) is 9.43. The van der Waals surface area contributed by atoms with Gasteiger partial charge in [-0.1, -0.05) is 36.4 Å². The molecule has 0 bridgehead atoms. The van der Waals surface area contributed by atoms with Crippen LogP contribution in [0.2, 0.25) is 0 Å². The number of nitrogens with two attached hydrogens (primary N) is 1. The number of carbonyl (C=O) groups excluding carboxylic acids is 4. The van der Waals surface area contributed by atoms with Gasteiger partial charge in [0.1, 0.15) is 23.2 Å². The fraction of sp³-hybridized carbons (Fsp3) is 0.208. The fourth-order valence-electron chi connectivity index (χ4n) is 6.04. The highest BCUT2D eigenvalue weighted by atomic mass is 19.4. The van der Waals surface area contributed by atoms with Gasteiger partial charge >= 0.3 is 24.3 Å². The van der Waals surface area contributed by atoms with Gasteiger partial charge in [0.15, 0.2) is 47.8 Å². The van der Waals surface area contributed by atoms with Crippen LogP contribution in [0.1, 0.15) is 43.8 Å². The average molecular weight is 938 g/mol. The molecular weight excluding hydrogens is 897 g/mol. The zero-order chi connectivity index (χ0) is 48.9. The molecule has 0 saturated carbocycles. The Labute approximate surface area is 378 Å². The number of ether oxygens (including phenoxy) is 6. The van der Waals surface area contributed by atoms with Crippen LogP contribution in [-0.2, 0) is 16.0 Å². The standard InChI is InChI=1S/C48H41F6NO12/c1-62-41-23-29(6-20-39(41)66-44(59)32-9-15-35(16-10-32)64-27-47(49,50)51)5-19-37(56)38(57)26-46(61,25-31-3-13-34(55)14-4-31)43(58)22-8-30-7-21-40(42(24-30)63-2)67-45(60)33-11-17-36(18-12-33)65-28-48(52,53)54/h3-24,38,57,61H,25-28,55H2,1-2H3/b19-5+,22-8+. The van der Waals surface area contributed by atoms with Crippen LogP contribution in [0.5, 0.6) is 34.5 Å². The number of hydrogen-bond acceptors (Lipinski definition) is 13. The number of carbonyl (C=O) groups is 4. The third-order valence-electron chi connectivity index (χ3n) is 9.43. The molecule has 13 nitrogen and oxygen atoms in total. The zero-order valence-electron chi connectivity index (χ0n) is 35.4. The number of nitrogen functional groups attached to an aromatic ring is 1. The van der Waals surface area contributed by atoms with Crippen LogP contribution in [0.4, 0.5) is 32.0 Å². The van der Waals surface area contributed by atoms with Crippen molar-refractivity contribution in [2.45, 2.75) is 36.9 Å². The number of rotatable bonds is 20. The quantitative estimate of drug-likeness (QED) is 0.0223. The molecule has 5 aromatic carbocycles. The Morgan fingerprint density at radius 2 is 1.04 bits per heavy atom. The second-order valence-electron chi connectivity index (χ2n) is 14.6. The summed E-state index contributed by atoms with van der Waals surface area (Å²) in [5, 5.41) is 22.9. The first-order valence-electron chi connectivity index (χ1n) is 19.7. The molecule has 2 atom stereocenters. The number of alkyl halides is 6. The van der Waals surface area contributed by atoms with Crippen LogP contribution in [0.15, 0.2) is 121 Å². The molecule has 2 unspecified atom stereocenters. The zero-order valence-corrected chi connectivity index (χ0v) is 35.4. The Kier molecular flexibility index (Phi) is 16.6. The van der Waals surface area contributed by atoms with Gasteiger partial charge in [0.25, 0.3) is 0 Å². The molecule has 5 aromatic rings. The van der Waals surface area contributed by atoms with Crippen molar-refractivity contribution in [3.05, 3.63) is 149 Å². The topological polar surface area (TPSA) is 190 Å². The van der Waals surface area contributed by atoms with E-state index < -0.39 is 67.2 Å². The van der Waals surface area contributed by atoms with Gasteiger partial charge in [0.05, 0.1) is 25.3 Å². The van der Waals surface area contributed by atoms with E-state index in [-0.39, 0.29) is 52.0 Å². The molecule has 0 saturated heterocycles. The Balaban J connectivity index is 1.25. The minimum absolute atomic E-state index is 0.000963. The number of aliphatic hydroxyl groups is 2. The van der Waals surface area contributed by atoms with Crippen LogP contribution < -0.4 is 34.2 Å². The molecule has 19 heteroatoms. The van der Waals surface area contributed by atoms with Crippen molar-refractivity contribution in [3.8, 4) is 34.5 Å². The van der Waals surface area contributed by atoms with Crippen molar-refractivity contribution >= 4 is 41.3 Å². The molecule has 0 aliphatic rings. The van der Waals surface area contributed by atoms with Crippen molar-refractivity contribution in [1.82, 2.24) is 0 Å². The molecule has 67 heavy (non-hydrogen) atoms. The van der Waals surface area contributed by atoms with E-state index in [2.05, 4.69) is 9.47 Å². The molecule has 352 valence electrons. The van der Waals surface area contributed by atoms with Gasteiger partial charge in [0.2, 0.25) is 0 Å². The van der Waals surface area contributed by atoms with E-state index in [0.717, 1.165) is 12.2 Å². The number of halogens is 6. The smallest absolute Gasteiger partial charge is 0.422 e. The van der Waals surface area contributed by atoms with E-state index in [9.17, 15) is 55.7 Å². The molecule has 5 rings (SSSR count). The van der Waals surface area contributed by atoms with Crippen LogP contribution >= 0.6 is 0 Å². The van der Waals surface area contributed by atoms with Gasteiger partial charge in [0, 0.05) is 18.5 Å². The molecule has 0 aromatic heterocycles. The largest absolute Gasteiger partial charge is 0.493 e. The predicted octanol–water partition coefficient (Wildman–Crippen LogP) is 8.20. The highest BCUT2D eigenvalue weighted by Crippen LogP contribution is 2.32. The summed E-state index contributed by atoms with van der Waals surface area (Å²) in [5.41, 5.74) is 5.01. The highest BCUT2D eigenvalue weighted by molar-refractivity contribution is 6.02. The number of methoxy groups -OCH3 is 2. The first kappa shape index (κ1) is 50.4. The van der Waals surface area contributed by atoms with Crippen LogP contribution in [0.3, 0.4) is 0 Å². The van der Waals surface area contributed by atoms with Crippen molar-refractivity contribution in [3.63, 3.8) is 0 Å². The van der Waals surface area contributed by atoms with Gasteiger partial charge in [-0.05, 0) is 114 Å². The first-order chi connectivity index (χ1) is 31.6. The lowest BCUT2D eigenvalue weighted by molar-refractivity contribution is -0.154. The van der Waals surface area contributed by atoms with Crippen molar-refractivity contribution in [1.29, 1.82) is 0 Å². The monoisotopic (exact) mass is 937 g/mol. The van der Waals surface area contributed by atoms with Gasteiger partial charge in [-0.3, -0.25) is 9.59 Å². The number of aliphatic hydroxyl groups excluding tert-OH is 1. The van der Waals surface area contributed by atoms with Crippen molar-refractivity contribution in [2.75, 3.05) is 33.2 Å². The number of benzene rings is 5. The summed E-state index contributed by atoms with van der Waals surface area (Å²) in [4.78, 5) is 52.6. The second-order valence-corrected chi connectivity index (χ2v) is 14.6. The lowest BCUT2D eigenvalue weighted by atomic mass is 9.83. The molecule has 0 radical (unpaired) electrons. The summed E-state index contributed by atoms with van der Waals surface area (Å²) >= 11 is 0. The maximum absolute atomic E-state index is 13.8. The number of anilines is 1. The van der Waals surface area contributed by atoms with E-state index in [1.165, 1.54) is 111 Å². The molecule has 0 fully saturated rings. The second kappa shape index (κ2) is 22.0. The molecule has 0 aliphatic heterocycles. The van der Waals surface area contributed by atoms with Gasteiger partial charge in [-0.15, -0.1) is 0 Å². The van der Waals surface area contributed by atoms with E-state index in [1.807, 2.05) is 0 Å². The molecule has 0 aliphatic carbocycles. The number of ketones is 2. The van der Waals surface area contributed by atoms with Gasteiger partial charge in [-0.2, -0.15) is 26.3 Å². The Morgan fingerprint density at radius 1 is 0.612 bits per heavy atom. The van der Waals surface area contributed by atoms with Crippen LogP contribution in [-0.4, -0.2) is 85.2 Å². The molecule has 4 N–H and O–H groups in total. The Morgan fingerprint density at radius 3 is 1.46 bits per heavy atom. The van der Waals surface area contributed by atoms with Crippen LogP contribution in [0, 0.1) is 0 Å². The van der Waals surface area contributed by atoms with Gasteiger partial charge in [-0.25, -0.2) is 9.59 Å². The lowest BCUT2D eigenvalue weighted by Crippen LogP contribution is -2.44. The van der Waals surface area contributed by atoms with Gasteiger partial charge < -0.3 is 44.4 Å². The highest BCUT2D eigenvalue weighted by Gasteiger charge is 2.38. The SMILES string of the molecule is COc1cc(/C=C/C(=O)C(O)CC(O)(Cc2ccc(N)cc2)C(=O)/C=C/c2ccc(OC(=O)c3ccc(OCC(F)(F)F)cc3)c(OC)c2)ccc1OC(=O)c1ccc(OCC(F)(F)F)cc1. The first-order valence-corrected chi connectivity index (χ1v) is 19.7. The number of esters is 2. The van der Waals surface area contributed by atoms with E-state index in [4.69, 9.17) is 24.7 Å². The minimum Gasteiger partial charge on any atom is -0.493 e. The van der Waals surface area contributed by atoms with E-state index in [0.29, 0.717) is 22.4 Å². The maximum Gasteiger partial charge on any atom is 0.422 e. The molecule has 0 amide bonds. The maximum atomic E-state index is 13.8. The number of hydrogen-bond donors (Lipinski definition) is 3. The van der Waals surface area contributed by atoms with Crippen molar-refractivity contribution < 1.29 is 84.2 Å². The Bertz CT molecular complexity index is 2590. The lowest BCUT2D eigenvalue weighted by Gasteiger charge is -2.27. The summed E-state index contributed by atoms with van der Waals surface area (Å²) in [5.74, 6) is -3.69. The summed E-state index contributed by atoms with van der Waals surface area (Å²) in [6.45, 7) is -3.02. The summed E-state index contributed by atoms with van der Waals surface area (Å²) in [6.07, 6.45) is -7.39. The minimum atomic E-state index is -4.54. The van der Waals surface area contributed by atoms with Crippen molar-refractivity contribution in [2.24, 2.45) is 0 Å². The molecule has 0 heterocycles. The third kappa shape index (κ3) is 15.2. The fourth-order valence-corrected chi connectivity index (χ4v) is 6.04. The summed E-state index contributed by atoms with van der Waals surface area (Å²) in [7, 11) is 2.58. The molecule has 0 spiro atoms. The predicted molar refractivity (Wildman–Crippen MR) is 230 cm³/mol. The van der Waals surface area contributed by atoms with E-state index in [1.54, 1.807) is 24.3 Å². The Hall–Kier alpha value is -7.64. The summed E-state index contributed by atoms with van der Waals surface area (Å²) < 4.78 is 106. The van der Waals surface area contributed by atoms with Crippen LogP contribution in [0.25, 0.3) is 12.2 Å². The normalized spacial score (nSPS) is 13.1. The average Bonchev–Trinajstić information content (AvgIpc) is 3.29. The summed E-state index contributed by atoms with van der Waals surface area (Å²) in [6, 6.07) is 24.2. The molecular formula is C48H41F6NO12. The van der Waals surface area contributed by atoms with E-state index >= 15 is 0 Å².